The van der Waals surface area contributed by atoms with Crippen LogP contribution in [0.15, 0.2) is 22.6 Å². The van der Waals surface area contributed by atoms with Crippen molar-refractivity contribution in [1.82, 2.24) is 9.88 Å². The van der Waals surface area contributed by atoms with E-state index < -0.39 is 11.5 Å². The van der Waals surface area contributed by atoms with Crippen molar-refractivity contribution >= 4 is 11.7 Å². The molecule has 1 aliphatic rings. The van der Waals surface area contributed by atoms with E-state index in [4.69, 9.17) is 5.73 Å². The van der Waals surface area contributed by atoms with Gasteiger partial charge in [-0.15, -0.1) is 0 Å². The van der Waals surface area contributed by atoms with Crippen molar-refractivity contribution in [3.8, 4) is 0 Å². The lowest BCUT2D eigenvalue weighted by molar-refractivity contribution is 0.0999. The van der Waals surface area contributed by atoms with Crippen LogP contribution >= 0.6 is 0 Å². The lowest BCUT2D eigenvalue weighted by Gasteiger charge is -2.19. The van der Waals surface area contributed by atoms with E-state index in [0.29, 0.717) is 29.7 Å². The molecule has 19 heavy (non-hydrogen) atoms. The van der Waals surface area contributed by atoms with Crippen LogP contribution in [0.25, 0.3) is 0 Å². The van der Waals surface area contributed by atoms with Gasteiger partial charge in [-0.1, -0.05) is 0 Å². The Kier molecular flexibility index (Phi) is 3.25. The number of amides is 1. The van der Waals surface area contributed by atoms with Crippen LogP contribution in [0.1, 0.15) is 32.8 Å². The Morgan fingerprint density at radius 2 is 2.05 bits per heavy atom. The number of ketones is 1. The molecule has 6 nitrogen and oxygen atoms in total. The number of pyridine rings is 1. The zero-order valence-electron chi connectivity index (χ0n) is 10.8. The van der Waals surface area contributed by atoms with Crippen LogP contribution in [0.2, 0.25) is 0 Å². The van der Waals surface area contributed by atoms with Gasteiger partial charge in [0.25, 0.3) is 11.5 Å². The maximum Gasteiger partial charge on any atom is 0.261 e. The van der Waals surface area contributed by atoms with E-state index in [9.17, 15) is 14.4 Å². The average Bonchev–Trinajstić information content (AvgIpc) is 2.31. The molecular formula is C13H15N3O3. The van der Waals surface area contributed by atoms with E-state index in [1.807, 2.05) is 14.1 Å². The summed E-state index contributed by atoms with van der Waals surface area (Å²) in [5.41, 5.74) is 5.96. The molecule has 6 heteroatoms. The third-order valence-corrected chi connectivity index (χ3v) is 2.98. The fourth-order valence-corrected chi connectivity index (χ4v) is 2.13. The number of aromatic nitrogens is 1. The number of H-pyrrole nitrogens is 1. The van der Waals surface area contributed by atoms with Crippen LogP contribution in [-0.4, -0.2) is 35.7 Å². The Bertz CT molecular complexity index is 641. The van der Waals surface area contributed by atoms with Crippen molar-refractivity contribution in [1.29, 1.82) is 0 Å². The number of hydrogen-bond donors (Lipinski definition) is 2. The first-order valence-electron chi connectivity index (χ1n) is 5.88. The zero-order valence-corrected chi connectivity index (χ0v) is 10.8. The van der Waals surface area contributed by atoms with Gasteiger partial charge in [-0.2, -0.15) is 0 Å². The van der Waals surface area contributed by atoms with Crippen LogP contribution in [0, 0.1) is 0 Å². The number of hydrogen-bond acceptors (Lipinski definition) is 4. The quantitative estimate of drug-likeness (QED) is 0.735. The molecule has 0 saturated heterocycles. The van der Waals surface area contributed by atoms with E-state index in [2.05, 4.69) is 4.98 Å². The Morgan fingerprint density at radius 1 is 1.37 bits per heavy atom. The second-order valence-corrected chi connectivity index (χ2v) is 4.72. The fraction of sp³-hybridized carbons (Fsp3) is 0.308. The number of nitrogens with zero attached hydrogens (tertiary/aromatic N) is 1. The average molecular weight is 261 g/mol. The highest BCUT2D eigenvalue weighted by Crippen LogP contribution is 2.23. The molecule has 0 fully saturated rings. The highest BCUT2D eigenvalue weighted by Gasteiger charge is 2.25. The van der Waals surface area contributed by atoms with Gasteiger partial charge in [0.05, 0.1) is 0 Å². The number of nitrogens with two attached hydrogens (primary N) is 1. The number of nitrogens with one attached hydrogen (secondary N) is 1. The maximum absolute atomic E-state index is 12.3. The molecule has 0 atom stereocenters. The van der Waals surface area contributed by atoms with Crippen molar-refractivity contribution in [3.05, 3.63) is 45.0 Å². The molecule has 1 aliphatic carbocycles. The summed E-state index contributed by atoms with van der Waals surface area (Å²) in [4.78, 5) is 39.4. The SMILES string of the molecule is CN(C)/C=C1\CCc2[nH]c(=O)c(C(N)=O)cc2C1=O. The normalized spacial score (nSPS) is 16.3. The molecule has 100 valence electrons. The molecule has 2 rings (SSSR count). The van der Waals surface area contributed by atoms with E-state index >= 15 is 0 Å². The molecule has 1 heterocycles. The predicted octanol–water partition coefficient (Wildman–Crippen LogP) is 0.0482. The molecule has 0 aromatic carbocycles. The predicted molar refractivity (Wildman–Crippen MR) is 70.0 cm³/mol. The van der Waals surface area contributed by atoms with Crippen LogP contribution in [0.3, 0.4) is 0 Å². The number of primary amides is 1. The molecule has 0 radical (unpaired) electrons. The number of aromatic amines is 1. The van der Waals surface area contributed by atoms with Gasteiger partial charge in [-0.25, -0.2) is 0 Å². The van der Waals surface area contributed by atoms with Gasteiger partial charge >= 0.3 is 0 Å². The summed E-state index contributed by atoms with van der Waals surface area (Å²) in [5.74, 6) is -1.01. The van der Waals surface area contributed by atoms with E-state index in [1.54, 1.807) is 11.1 Å². The molecule has 0 unspecified atom stereocenters. The second kappa shape index (κ2) is 4.72. The molecule has 0 saturated carbocycles. The topological polar surface area (TPSA) is 96.3 Å². The summed E-state index contributed by atoms with van der Waals surface area (Å²) in [6.07, 6.45) is 2.88. The summed E-state index contributed by atoms with van der Waals surface area (Å²) in [6.45, 7) is 0. The van der Waals surface area contributed by atoms with E-state index in [0.717, 1.165) is 0 Å². The van der Waals surface area contributed by atoms with E-state index in [-0.39, 0.29) is 11.3 Å². The Labute approximate surface area is 109 Å². The molecule has 1 aromatic heterocycles. The smallest absolute Gasteiger partial charge is 0.261 e. The number of fused-ring (bicyclic) bond motifs is 1. The van der Waals surface area contributed by atoms with Crippen LogP contribution < -0.4 is 11.3 Å². The van der Waals surface area contributed by atoms with Gasteiger partial charge in [0.2, 0.25) is 0 Å². The molecular weight excluding hydrogens is 246 g/mol. The summed E-state index contributed by atoms with van der Waals surface area (Å²) in [6, 6.07) is 1.29. The number of carbonyl (C=O) groups excluding carboxylic acids is 2. The van der Waals surface area contributed by atoms with Crippen molar-refractivity contribution < 1.29 is 9.59 Å². The van der Waals surface area contributed by atoms with Crippen LogP contribution in [-0.2, 0) is 6.42 Å². The molecule has 0 bridgehead atoms. The largest absolute Gasteiger partial charge is 0.383 e. The zero-order chi connectivity index (χ0) is 14.2. The number of rotatable bonds is 2. The number of allylic oxidation sites excluding steroid dienone is 1. The van der Waals surface area contributed by atoms with Crippen molar-refractivity contribution in [2.75, 3.05) is 14.1 Å². The van der Waals surface area contributed by atoms with Crippen molar-refractivity contribution in [2.45, 2.75) is 12.8 Å². The number of carbonyl (C=O) groups is 2. The lowest BCUT2D eigenvalue weighted by atomic mass is 9.89. The second-order valence-electron chi connectivity index (χ2n) is 4.72. The number of Topliss-reactive ketones (excluding diaryl/α,β-unsaturated/α-hetero) is 1. The maximum atomic E-state index is 12.3. The molecule has 1 amide bonds. The first-order chi connectivity index (χ1) is 8.90. The van der Waals surface area contributed by atoms with Gasteiger partial charge in [0, 0.05) is 37.1 Å². The van der Waals surface area contributed by atoms with Crippen LogP contribution in [0.4, 0.5) is 0 Å². The third kappa shape index (κ3) is 2.42. The standard InChI is InChI=1S/C13H15N3O3/c1-16(2)6-7-3-4-10-8(11(7)17)5-9(12(14)18)13(19)15-10/h5-6H,3-4H2,1-2H3,(H2,14,18)(H,15,19)/b7-6+. The van der Waals surface area contributed by atoms with Gasteiger partial charge in [0.1, 0.15) is 5.56 Å². The minimum Gasteiger partial charge on any atom is -0.383 e. The highest BCUT2D eigenvalue weighted by molar-refractivity contribution is 6.11. The van der Waals surface area contributed by atoms with E-state index in [1.165, 1.54) is 6.07 Å². The molecule has 0 spiro atoms. The minimum absolute atomic E-state index is 0.172. The lowest BCUT2D eigenvalue weighted by Crippen LogP contribution is -2.28. The van der Waals surface area contributed by atoms with Gasteiger partial charge in [-0.05, 0) is 18.9 Å². The Balaban J connectivity index is 2.55. The summed E-state index contributed by atoms with van der Waals surface area (Å²) >= 11 is 0. The van der Waals surface area contributed by atoms with Gasteiger partial charge < -0.3 is 15.6 Å². The highest BCUT2D eigenvalue weighted by atomic mass is 16.2. The molecule has 0 aliphatic heterocycles. The van der Waals surface area contributed by atoms with Crippen molar-refractivity contribution in [3.63, 3.8) is 0 Å². The first kappa shape index (κ1) is 13.1. The molecule has 1 aromatic rings. The summed E-state index contributed by atoms with van der Waals surface area (Å²) < 4.78 is 0. The molecule has 3 N–H and O–H groups in total. The van der Waals surface area contributed by atoms with Gasteiger partial charge in [0.15, 0.2) is 5.78 Å². The first-order valence-corrected chi connectivity index (χ1v) is 5.88. The van der Waals surface area contributed by atoms with Gasteiger partial charge in [-0.3, -0.25) is 14.4 Å². The summed E-state index contributed by atoms with van der Waals surface area (Å²) in [7, 11) is 3.66. The number of aryl methyl sites for hydroxylation is 1. The van der Waals surface area contributed by atoms with Crippen molar-refractivity contribution in [2.24, 2.45) is 5.73 Å². The summed E-state index contributed by atoms with van der Waals surface area (Å²) in [5, 5.41) is 0. The van der Waals surface area contributed by atoms with Crippen LogP contribution in [0.5, 0.6) is 0 Å². The minimum atomic E-state index is -0.833. The Morgan fingerprint density at radius 3 is 2.63 bits per heavy atom. The fourth-order valence-electron chi connectivity index (χ4n) is 2.13. The Hall–Kier alpha value is -2.37. The third-order valence-electron chi connectivity index (χ3n) is 2.98. The monoisotopic (exact) mass is 261 g/mol.